The zero-order chi connectivity index (χ0) is 12.9. The standard InChI is InChI=1S/C12H20N2O2S/c1-5-9(10-13-6-7-17-10)14-8-12(2,3)11(15)16-4/h6-7,9,14H,5,8H2,1-4H3. The average molecular weight is 256 g/mol. The maximum absolute atomic E-state index is 11.5. The Hall–Kier alpha value is -0.940. The van der Waals surface area contributed by atoms with Gasteiger partial charge < -0.3 is 10.1 Å². The minimum Gasteiger partial charge on any atom is -0.469 e. The first-order valence-corrected chi connectivity index (χ1v) is 6.60. The molecule has 0 fully saturated rings. The van der Waals surface area contributed by atoms with E-state index >= 15 is 0 Å². The number of hydrogen-bond acceptors (Lipinski definition) is 5. The molecule has 96 valence electrons. The van der Waals surface area contributed by atoms with E-state index in [1.165, 1.54) is 7.11 Å². The Labute approximate surface area is 106 Å². The molecule has 0 saturated carbocycles. The third-order valence-corrected chi connectivity index (χ3v) is 3.58. The van der Waals surface area contributed by atoms with Crippen LogP contribution in [-0.2, 0) is 9.53 Å². The minimum absolute atomic E-state index is 0.195. The van der Waals surface area contributed by atoms with Crippen LogP contribution in [0.25, 0.3) is 0 Å². The molecule has 1 atom stereocenters. The zero-order valence-corrected chi connectivity index (χ0v) is 11.6. The van der Waals surface area contributed by atoms with Gasteiger partial charge in [0.2, 0.25) is 0 Å². The number of ether oxygens (including phenoxy) is 1. The monoisotopic (exact) mass is 256 g/mol. The summed E-state index contributed by atoms with van der Waals surface area (Å²) in [6, 6.07) is 0.207. The van der Waals surface area contributed by atoms with Crippen molar-refractivity contribution in [2.24, 2.45) is 5.41 Å². The molecular formula is C12H20N2O2S. The lowest BCUT2D eigenvalue weighted by Gasteiger charge is -2.24. The van der Waals surface area contributed by atoms with Crippen LogP contribution in [0.3, 0.4) is 0 Å². The molecule has 5 heteroatoms. The molecule has 1 aromatic rings. The molecule has 0 radical (unpaired) electrons. The second-order valence-electron chi connectivity index (χ2n) is 4.59. The van der Waals surface area contributed by atoms with E-state index in [-0.39, 0.29) is 12.0 Å². The molecule has 1 unspecified atom stereocenters. The Morgan fingerprint density at radius 1 is 1.65 bits per heavy atom. The molecule has 1 N–H and O–H groups in total. The topological polar surface area (TPSA) is 51.2 Å². The van der Waals surface area contributed by atoms with E-state index < -0.39 is 5.41 Å². The lowest BCUT2D eigenvalue weighted by molar-refractivity contribution is -0.150. The van der Waals surface area contributed by atoms with Crippen LogP contribution in [0.2, 0.25) is 0 Å². The highest BCUT2D eigenvalue weighted by Gasteiger charge is 2.29. The Morgan fingerprint density at radius 2 is 2.35 bits per heavy atom. The number of methoxy groups -OCH3 is 1. The Kier molecular flexibility index (Phi) is 5.08. The van der Waals surface area contributed by atoms with Gasteiger partial charge in [-0.3, -0.25) is 4.79 Å². The maximum atomic E-state index is 11.5. The van der Waals surface area contributed by atoms with Gasteiger partial charge in [-0.2, -0.15) is 0 Å². The van der Waals surface area contributed by atoms with Gasteiger partial charge in [0.1, 0.15) is 5.01 Å². The summed E-state index contributed by atoms with van der Waals surface area (Å²) in [4.78, 5) is 15.8. The third-order valence-electron chi connectivity index (χ3n) is 2.69. The fraction of sp³-hybridized carbons (Fsp3) is 0.667. The summed E-state index contributed by atoms with van der Waals surface area (Å²) in [5.41, 5.74) is -0.514. The molecular weight excluding hydrogens is 236 g/mol. The van der Waals surface area contributed by atoms with Crippen LogP contribution in [0.4, 0.5) is 0 Å². The zero-order valence-electron chi connectivity index (χ0n) is 10.8. The smallest absolute Gasteiger partial charge is 0.312 e. The van der Waals surface area contributed by atoms with Crippen molar-refractivity contribution in [3.05, 3.63) is 16.6 Å². The van der Waals surface area contributed by atoms with Gasteiger partial charge in [-0.1, -0.05) is 6.92 Å². The van der Waals surface area contributed by atoms with Crippen LogP contribution in [0.1, 0.15) is 38.2 Å². The lowest BCUT2D eigenvalue weighted by Crippen LogP contribution is -2.38. The number of rotatable bonds is 6. The van der Waals surface area contributed by atoms with E-state index in [1.54, 1.807) is 17.5 Å². The van der Waals surface area contributed by atoms with Crippen LogP contribution in [0.5, 0.6) is 0 Å². The number of esters is 1. The van der Waals surface area contributed by atoms with Crippen molar-refractivity contribution in [3.8, 4) is 0 Å². The normalized spacial score (nSPS) is 13.4. The molecule has 1 aromatic heterocycles. The van der Waals surface area contributed by atoms with Gasteiger partial charge in [-0.05, 0) is 20.3 Å². The molecule has 4 nitrogen and oxygen atoms in total. The van der Waals surface area contributed by atoms with Gasteiger partial charge >= 0.3 is 5.97 Å². The van der Waals surface area contributed by atoms with Crippen LogP contribution in [0.15, 0.2) is 11.6 Å². The lowest BCUT2D eigenvalue weighted by atomic mass is 9.93. The number of carbonyl (C=O) groups is 1. The van der Waals surface area contributed by atoms with Gasteiger partial charge in [0.05, 0.1) is 18.6 Å². The number of carbonyl (C=O) groups excluding carboxylic acids is 1. The van der Waals surface area contributed by atoms with Crippen molar-refractivity contribution >= 4 is 17.3 Å². The van der Waals surface area contributed by atoms with Crippen LogP contribution < -0.4 is 5.32 Å². The quantitative estimate of drug-likeness (QED) is 0.794. The van der Waals surface area contributed by atoms with Crippen LogP contribution >= 0.6 is 11.3 Å². The molecule has 0 amide bonds. The number of thiazole rings is 1. The summed E-state index contributed by atoms with van der Waals surface area (Å²) in [6.45, 7) is 6.43. The van der Waals surface area contributed by atoms with E-state index in [4.69, 9.17) is 4.74 Å². The second kappa shape index (κ2) is 6.12. The predicted molar refractivity (Wildman–Crippen MR) is 68.9 cm³/mol. The molecule has 17 heavy (non-hydrogen) atoms. The van der Waals surface area contributed by atoms with Crippen molar-refractivity contribution in [3.63, 3.8) is 0 Å². The van der Waals surface area contributed by atoms with Crippen molar-refractivity contribution < 1.29 is 9.53 Å². The molecule has 0 aliphatic heterocycles. The van der Waals surface area contributed by atoms with E-state index in [0.29, 0.717) is 6.54 Å². The molecule has 0 aromatic carbocycles. The van der Waals surface area contributed by atoms with Gasteiger partial charge in [0, 0.05) is 18.1 Å². The summed E-state index contributed by atoms with van der Waals surface area (Å²) < 4.78 is 4.78. The molecule has 0 aliphatic carbocycles. The van der Waals surface area contributed by atoms with Crippen LogP contribution in [-0.4, -0.2) is 24.6 Å². The summed E-state index contributed by atoms with van der Waals surface area (Å²) in [7, 11) is 1.42. The van der Waals surface area contributed by atoms with E-state index in [1.807, 2.05) is 19.2 Å². The van der Waals surface area contributed by atoms with Gasteiger partial charge in [0.25, 0.3) is 0 Å². The predicted octanol–water partition coefficient (Wildman–Crippen LogP) is 2.38. The minimum atomic E-state index is -0.514. The summed E-state index contributed by atoms with van der Waals surface area (Å²) >= 11 is 1.63. The number of nitrogens with zero attached hydrogens (tertiary/aromatic N) is 1. The first-order chi connectivity index (χ1) is 8.01. The Morgan fingerprint density at radius 3 is 2.82 bits per heavy atom. The first kappa shape index (κ1) is 14.1. The van der Waals surface area contributed by atoms with E-state index in [2.05, 4.69) is 17.2 Å². The van der Waals surface area contributed by atoms with Gasteiger partial charge in [0.15, 0.2) is 0 Å². The molecule has 1 heterocycles. The first-order valence-electron chi connectivity index (χ1n) is 5.72. The SMILES string of the molecule is CCC(NCC(C)(C)C(=O)OC)c1nccs1. The number of hydrogen-bond donors (Lipinski definition) is 1. The Bertz CT molecular complexity index is 349. The highest BCUT2D eigenvalue weighted by molar-refractivity contribution is 7.09. The third kappa shape index (κ3) is 3.78. The van der Waals surface area contributed by atoms with Crippen molar-refractivity contribution in [2.45, 2.75) is 33.2 Å². The molecule has 0 spiro atoms. The average Bonchev–Trinajstić information content (AvgIpc) is 2.82. The van der Waals surface area contributed by atoms with Crippen molar-refractivity contribution in [1.29, 1.82) is 0 Å². The molecule has 0 aliphatic rings. The Balaban J connectivity index is 2.57. The van der Waals surface area contributed by atoms with Crippen LogP contribution in [0, 0.1) is 5.41 Å². The second-order valence-corrected chi connectivity index (χ2v) is 5.51. The van der Waals surface area contributed by atoms with Gasteiger partial charge in [-0.15, -0.1) is 11.3 Å². The summed E-state index contributed by atoms with van der Waals surface area (Å²) in [6.07, 6.45) is 2.75. The summed E-state index contributed by atoms with van der Waals surface area (Å²) in [5, 5.41) is 6.40. The van der Waals surface area contributed by atoms with Crippen molar-refractivity contribution in [2.75, 3.05) is 13.7 Å². The highest BCUT2D eigenvalue weighted by Crippen LogP contribution is 2.22. The summed E-state index contributed by atoms with van der Waals surface area (Å²) in [5.74, 6) is -0.195. The molecule has 1 rings (SSSR count). The fourth-order valence-electron chi connectivity index (χ4n) is 1.54. The molecule has 0 bridgehead atoms. The molecule has 0 saturated heterocycles. The fourth-order valence-corrected chi connectivity index (χ4v) is 2.34. The van der Waals surface area contributed by atoms with E-state index in [9.17, 15) is 4.79 Å². The van der Waals surface area contributed by atoms with E-state index in [0.717, 1.165) is 11.4 Å². The number of aromatic nitrogens is 1. The van der Waals surface area contributed by atoms with Crippen molar-refractivity contribution in [1.82, 2.24) is 10.3 Å². The highest BCUT2D eigenvalue weighted by atomic mass is 32.1. The van der Waals surface area contributed by atoms with Gasteiger partial charge in [-0.25, -0.2) is 4.98 Å². The number of nitrogens with one attached hydrogen (secondary N) is 1. The maximum Gasteiger partial charge on any atom is 0.312 e. The largest absolute Gasteiger partial charge is 0.469 e.